The van der Waals surface area contributed by atoms with Crippen molar-refractivity contribution < 1.29 is 14.7 Å². The Morgan fingerprint density at radius 2 is 1.96 bits per heavy atom. The van der Waals surface area contributed by atoms with Crippen molar-refractivity contribution in [3.8, 4) is 0 Å². The molecule has 2 aromatic rings. The Morgan fingerprint density at radius 1 is 1.22 bits per heavy atom. The van der Waals surface area contributed by atoms with Crippen LogP contribution in [-0.4, -0.2) is 35.0 Å². The van der Waals surface area contributed by atoms with Gasteiger partial charge in [-0.15, -0.1) is 0 Å². The fourth-order valence-corrected chi connectivity index (χ4v) is 2.75. The van der Waals surface area contributed by atoms with Crippen LogP contribution in [0.25, 0.3) is 16.8 Å². The number of hydrogen-bond donors (Lipinski definition) is 2. The molecular formula is C18H19NO3S. The first kappa shape index (κ1) is 17.1. The molecule has 0 saturated carbocycles. The average Bonchev–Trinajstić information content (AvgIpc) is 2.56. The standard InChI is InChI=1S/C18H19NO3S/c1-23-12-11-16(18(21)22)19-17(20)10-9-14-7-4-6-13-5-2-3-8-15(13)14/h2-10,16H,11-12H2,1H3,(H,19,20)(H,21,22)/t16-/m0/s1. The molecule has 0 aliphatic heterocycles. The Kier molecular flexibility index (Phi) is 6.23. The minimum absolute atomic E-state index is 0.397. The molecular weight excluding hydrogens is 310 g/mol. The normalized spacial score (nSPS) is 12.4. The molecule has 1 atom stereocenters. The third-order valence-electron chi connectivity index (χ3n) is 3.46. The van der Waals surface area contributed by atoms with Gasteiger partial charge in [-0.1, -0.05) is 42.5 Å². The summed E-state index contributed by atoms with van der Waals surface area (Å²) in [4.78, 5) is 23.1. The minimum atomic E-state index is -1.01. The van der Waals surface area contributed by atoms with Crippen LogP contribution in [0, 0.1) is 0 Å². The summed E-state index contributed by atoms with van der Waals surface area (Å²) in [6.07, 6.45) is 5.41. The van der Waals surface area contributed by atoms with Crippen LogP contribution >= 0.6 is 11.8 Å². The van der Waals surface area contributed by atoms with Gasteiger partial charge in [0, 0.05) is 6.08 Å². The topological polar surface area (TPSA) is 66.4 Å². The van der Waals surface area contributed by atoms with Crippen LogP contribution in [0.1, 0.15) is 12.0 Å². The quantitative estimate of drug-likeness (QED) is 0.766. The second-order valence-corrected chi connectivity index (χ2v) is 6.07. The van der Waals surface area contributed by atoms with Gasteiger partial charge in [-0.2, -0.15) is 11.8 Å². The molecule has 1 amide bonds. The summed E-state index contributed by atoms with van der Waals surface area (Å²) in [6.45, 7) is 0. The van der Waals surface area contributed by atoms with E-state index in [1.807, 2.05) is 48.7 Å². The lowest BCUT2D eigenvalue weighted by molar-refractivity contribution is -0.141. The van der Waals surface area contributed by atoms with Crippen molar-refractivity contribution in [2.75, 3.05) is 12.0 Å². The van der Waals surface area contributed by atoms with E-state index < -0.39 is 17.9 Å². The van der Waals surface area contributed by atoms with Gasteiger partial charge >= 0.3 is 5.97 Å². The highest BCUT2D eigenvalue weighted by atomic mass is 32.2. The molecule has 0 radical (unpaired) electrons. The van der Waals surface area contributed by atoms with E-state index in [4.69, 9.17) is 5.11 Å². The first-order valence-corrected chi connectivity index (χ1v) is 8.69. The van der Waals surface area contributed by atoms with Crippen LogP contribution in [0.15, 0.2) is 48.5 Å². The summed E-state index contributed by atoms with van der Waals surface area (Å²) in [5.41, 5.74) is 0.925. The van der Waals surface area contributed by atoms with Crippen molar-refractivity contribution in [2.24, 2.45) is 0 Å². The highest BCUT2D eigenvalue weighted by molar-refractivity contribution is 7.98. The predicted molar refractivity (Wildman–Crippen MR) is 95.5 cm³/mol. The summed E-state index contributed by atoms with van der Waals surface area (Å²) in [7, 11) is 0. The lowest BCUT2D eigenvalue weighted by atomic mass is 10.0. The van der Waals surface area contributed by atoms with Crippen LogP contribution in [0.2, 0.25) is 0 Å². The number of rotatable bonds is 7. The number of thioether (sulfide) groups is 1. The third kappa shape index (κ3) is 4.86. The van der Waals surface area contributed by atoms with Crippen molar-refractivity contribution >= 4 is 40.5 Å². The summed E-state index contributed by atoms with van der Waals surface area (Å²) >= 11 is 1.55. The Balaban J connectivity index is 2.09. The summed E-state index contributed by atoms with van der Waals surface area (Å²) in [5.74, 6) is -0.720. The largest absolute Gasteiger partial charge is 0.480 e. The van der Waals surface area contributed by atoms with Gasteiger partial charge in [0.2, 0.25) is 5.91 Å². The van der Waals surface area contributed by atoms with Crippen molar-refractivity contribution in [3.05, 3.63) is 54.1 Å². The van der Waals surface area contributed by atoms with Crippen molar-refractivity contribution in [1.29, 1.82) is 0 Å². The lowest BCUT2D eigenvalue weighted by Crippen LogP contribution is -2.40. The van der Waals surface area contributed by atoms with Crippen molar-refractivity contribution in [2.45, 2.75) is 12.5 Å². The van der Waals surface area contributed by atoms with Gasteiger partial charge in [0.05, 0.1) is 0 Å². The van der Waals surface area contributed by atoms with Crippen molar-refractivity contribution in [1.82, 2.24) is 5.32 Å². The van der Waals surface area contributed by atoms with Gasteiger partial charge in [0.25, 0.3) is 0 Å². The highest BCUT2D eigenvalue weighted by Gasteiger charge is 2.17. The lowest BCUT2D eigenvalue weighted by Gasteiger charge is -2.12. The van der Waals surface area contributed by atoms with E-state index in [1.54, 1.807) is 17.8 Å². The van der Waals surface area contributed by atoms with Gasteiger partial charge in [-0.3, -0.25) is 4.79 Å². The van der Waals surface area contributed by atoms with Gasteiger partial charge in [-0.05, 0) is 40.8 Å². The number of carboxylic acids is 1. The number of fused-ring (bicyclic) bond motifs is 1. The molecule has 2 rings (SSSR count). The van der Waals surface area contributed by atoms with E-state index in [1.165, 1.54) is 6.08 Å². The molecule has 2 aromatic carbocycles. The zero-order valence-electron chi connectivity index (χ0n) is 12.9. The number of nitrogens with one attached hydrogen (secondary N) is 1. The first-order valence-electron chi connectivity index (χ1n) is 7.30. The number of hydrogen-bond acceptors (Lipinski definition) is 3. The number of amides is 1. The third-order valence-corrected chi connectivity index (χ3v) is 4.11. The molecule has 4 nitrogen and oxygen atoms in total. The maximum Gasteiger partial charge on any atom is 0.326 e. The Morgan fingerprint density at radius 3 is 2.70 bits per heavy atom. The average molecular weight is 329 g/mol. The molecule has 0 fully saturated rings. The molecule has 0 aliphatic rings. The van der Waals surface area contributed by atoms with E-state index in [-0.39, 0.29) is 0 Å². The molecule has 120 valence electrons. The van der Waals surface area contributed by atoms with Crippen LogP contribution in [-0.2, 0) is 9.59 Å². The second kappa shape index (κ2) is 8.39. The van der Waals surface area contributed by atoms with Crippen LogP contribution in [0.3, 0.4) is 0 Å². The van der Waals surface area contributed by atoms with E-state index in [0.717, 1.165) is 16.3 Å². The summed E-state index contributed by atoms with van der Waals surface area (Å²) < 4.78 is 0. The minimum Gasteiger partial charge on any atom is -0.480 e. The first-order chi connectivity index (χ1) is 11.1. The second-order valence-electron chi connectivity index (χ2n) is 5.08. The molecule has 0 saturated heterocycles. The Bertz CT molecular complexity index is 722. The molecule has 0 spiro atoms. The highest BCUT2D eigenvalue weighted by Crippen LogP contribution is 2.19. The van der Waals surface area contributed by atoms with Crippen LogP contribution in [0.5, 0.6) is 0 Å². The van der Waals surface area contributed by atoms with Gasteiger partial charge in [0.1, 0.15) is 6.04 Å². The number of carboxylic acid groups (broad SMARTS) is 1. The fraction of sp³-hybridized carbons (Fsp3) is 0.222. The van der Waals surface area contributed by atoms with Gasteiger partial charge in [-0.25, -0.2) is 4.79 Å². The SMILES string of the molecule is CSCC[C@H](NC(=O)C=Cc1cccc2ccccc12)C(=O)O. The molecule has 0 bridgehead atoms. The molecule has 0 unspecified atom stereocenters. The maximum atomic E-state index is 12.0. The molecule has 0 aliphatic carbocycles. The molecule has 2 N–H and O–H groups in total. The summed E-state index contributed by atoms with van der Waals surface area (Å²) in [5, 5.41) is 13.8. The predicted octanol–water partition coefficient (Wildman–Crippen LogP) is 3.18. The van der Waals surface area contributed by atoms with E-state index in [9.17, 15) is 9.59 Å². The zero-order chi connectivity index (χ0) is 16.7. The van der Waals surface area contributed by atoms with Crippen LogP contribution in [0.4, 0.5) is 0 Å². The smallest absolute Gasteiger partial charge is 0.326 e. The van der Waals surface area contributed by atoms with Gasteiger partial charge < -0.3 is 10.4 Å². The van der Waals surface area contributed by atoms with E-state index in [2.05, 4.69) is 5.32 Å². The van der Waals surface area contributed by atoms with E-state index >= 15 is 0 Å². The van der Waals surface area contributed by atoms with Gasteiger partial charge in [0.15, 0.2) is 0 Å². The van der Waals surface area contributed by atoms with E-state index in [0.29, 0.717) is 12.2 Å². The Labute approximate surface area is 139 Å². The zero-order valence-corrected chi connectivity index (χ0v) is 13.7. The summed E-state index contributed by atoms with van der Waals surface area (Å²) in [6, 6.07) is 12.9. The number of benzene rings is 2. The molecule has 0 heterocycles. The number of carbonyl (C=O) groups excluding carboxylic acids is 1. The molecule has 23 heavy (non-hydrogen) atoms. The van der Waals surface area contributed by atoms with Crippen molar-refractivity contribution in [3.63, 3.8) is 0 Å². The maximum absolute atomic E-state index is 12.0. The molecule has 0 aromatic heterocycles. The monoisotopic (exact) mass is 329 g/mol. The number of carbonyl (C=O) groups is 2. The molecule has 5 heteroatoms. The Hall–Kier alpha value is -2.27. The van der Waals surface area contributed by atoms with Crippen LogP contribution < -0.4 is 5.32 Å². The number of aliphatic carboxylic acids is 1. The fourth-order valence-electron chi connectivity index (χ4n) is 2.27.